The minimum Gasteiger partial charge on any atom is -0.368 e. The van der Waals surface area contributed by atoms with E-state index >= 15 is 0 Å². The van der Waals surface area contributed by atoms with Crippen molar-refractivity contribution in [3.63, 3.8) is 0 Å². The molecular weight excluding hydrogens is 244 g/mol. The summed E-state index contributed by atoms with van der Waals surface area (Å²) in [5, 5.41) is 7.31. The zero-order valence-corrected chi connectivity index (χ0v) is 11.7. The summed E-state index contributed by atoms with van der Waals surface area (Å²) >= 11 is 1.57. The summed E-state index contributed by atoms with van der Waals surface area (Å²) in [6.45, 7) is 6.65. The number of nitrogens with two attached hydrogens (primary N) is 1. The molecule has 1 aromatic heterocycles. The van der Waals surface area contributed by atoms with Crippen LogP contribution in [0.3, 0.4) is 0 Å². The van der Waals surface area contributed by atoms with Crippen LogP contribution in [-0.4, -0.2) is 15.2 Å². The first-order valence-corrected chi connectivity index (χ1v) is 6.84. The molecule has 2 rings (SSSR count). The standard InChI is InChI=1S/C13H18N4S/c1-13(2,3)10-6-4-9(5-7-10)8-18-12-15-11(14)16-17-12/h4-7H,8H2,1-3H3,(H3,14,15,16,17). The van der Waals surface area contributed by atoms with Gasteiger partial charge in [-0.1, -0.05) is 56.8 Å². The third kappa shape index (κ3) is 3.26. The Hall–Kier alpha value is -1.49. The molecular formula is C13H18N4S. The largest absolute Gasteiger partial charge is 0.368 e. The second-order valence-electron chi connectivity index (χ2n) is 5.24. The highest BCUT2D eigenvalue weighted by molar-refractivity contribution is 7.98. The number of benzene rings is 1. The van der Waals surface area contributed by atoms with Crippen molar-refractivity contribution in [1.29, 1.82) is 0 Å². The molecule has 96 valence electrons. The summed E-state index contributed by atoms with van der Waals surface area (Å²) in [5.41, 5.74) is 8.28. The Kier molecular flexibility index (Phi) is 3.61. The number of anilines is 1. The highest BCUT2D eigenvalue weighted by Crippen LogP contribution is 2.24. The number of H-pyrrole nitrogens is 1. The maximum Gasteiger partial charge on any atom is 0.216 e. The zero-order valence-electron chi connectivity index (χ0n) is 10.9. The van der Waals surface area contributed by atoms with Crippen molar-refractivity contribution in [3.05, 3.63) is 35.4 Å². The van der Waals surface area contributed by atoms with Gasteiger partial charge in [0.1, 0.15) is 0 Å². The lowest BCUT2D eigenvalue weighted by molar-refractivity contribution is 0.590. The number of rotatable bonds is 3. The molecule has 3 N–H and O–H groups in total. The number of aromatic amines is 1. The summed E-state index contributed by atoms with van der Waals surface area (Å²) < 4.78 is 0. The Balaban J connectivity index is 1.98. The molecule has 18 heavy (non-hydrogen) atoms. The lowest BCUT2D eigenvalue weighted by Crippen LogP contribution is -2.10. The Bertz CT molecular complexity index is 511. The average Bonchev–Trinajstić information content (AvgIpc) is 2.72. The number of hydrogen-bond acceptors (Lipinski definition) is 4. The van der Waals surface area contributed by atoms with E-state index in [0.717, 1.165) is 5.75 Å². The Morgan fingerprint density at radius 2 is 1.89 bits per heavy atom. The first kappa shape index (κ1) is 13.0. The van der Waals surface area contributed by atoms with E-state index in [1.165, 1.54) is 11.1 Å². The van der Waals surface area contributed by atoms with Crippen molar-refractivity contribution < 1.29 is 0 Å². The van der Waals surface area contributed by atoms with Gasteiger partial charge in [-0.05, 0) is 16.5 Å². The van der Waals surface area contributed by atoms with Crippen LogP contribution in [0.1, 0.15) is 31.9 Å². The van der Waals surface area contributed by atoms with Crippen molar-refractivity contribution in [2.24, 2.45) is 0 Å². The van der Waals surface area contributed by atoms with Gasteiger partial charge in [0.15, 0.2) is 0 Å². The quantitative estimate of drug-likeness (QED) is 0.834. The summed E-state index contributed by atoms with van der Waals surface area (Å²) in [7, 11) is 0. The maximum absolute atomic E-state index is 5.47. The molecule has 5 heteroatoms. The Morgan fingerprint density at radius 3 is 2.39 bits per heavy atom. The molecule has 0 saturated carbocycles. The summed E-state index contributed by atoms with van der Waals surface area (Å²) in [6.07, 6.45) is 0. The van der Waals surface area contributed by atoms with E-state index in [-0.39, 0.29) is 5.41 Å². The monoisotopic (exact) mass is 262 g/mol. The molecule has 0 aliphatic heterocycles. The maximum atomic E-state index is 5.47. The number of aromatic nitrogens is 3. The van der Waals surface area contributed by atoms with E-state index in [0.29, 0.717) is 11.1 Å². The van der Waals surface area contributed by atoms with Crippen LogP contribution >= 0.6 is 11.8 Å². The smallest absolute Gasteiger partial charge is 0.216 e. The van der Waals surface area contributed by atoms with Crippen LogP contribution in [0.5, 0.6) is 0 Å². The molecule has 0 aliphatic rings. The Morgan fingerprint density at radius 1 is 1.22 bits per heavy atom. The number of nitrogens with zero attached hydrogens (tertiary/aromatic N) is 2. The van der Waals surface area contributed by atoms with E-state index in [9.17, 15) is 0 Å². The second-order valence-corrected chi connectivity index (χ2v) is 6.18. The summed E-state index contributed by atoms with van der Waals surface area (Å²) in [5.74, 6) is 1.21. The lowest BCUT2D eigenvalue weighted by Gasteiger charge is -2.19. The molecule has 1 aromatic carbocycles. The number of nitrogens with one attached hydrogen (secondary N) is 1. The number of hydrogen-bond donors (Lipinski definition) is 2. The molecule has 0 spiro atoms. The van der Waals surface area contributed by atoms with Gasteiger partial charge in [-0.3, -0.25) is 0 Å². The fourth-order valence-corrected chi connectivity index (χ4v) is 2.33. The van der Waals surface area contributed by atoms with Gasteiger partial charge in [-0.25, -0.2) is 5.10 Å². The van der Waals surface area contributed by atoms with Crippen molar-refractivity contribution in [1.82, 2.24) is 15.2 Å². The molecule has 0 bridgehead atoms. The highest BCUT2D eigenvalue weighted by Gasteiger charge is 2.12. The fraction of sp³-hybridized carbons (Fsp3) is 0.385. The van der Waals surface area contributed by atoms with Gasteiger partial charge in [-0.15, -0.1) is 5.10 Å². The highest BCUT2D eigenvalue weighted by atomic mass is 32.2. The minimum absolute atomic E-state index is 0.198. The van der Waals surface area contributed by atoms with Crippen molar-refractivity contribution in [2.45, 2.75) is 37.1 Å². The average molecular weight is 262 g/mol. The van der Waals surface area contributed by atoms with Crippen molar-refractivity contribution in [2.75, 3.05) is 5.73 Å². The second kappa shape index (κ2) is 5.02. The number of nitrogen functional groups attached to an aromatic ring is 1. The van der Waals surface area contributed by atoms with E-state index in [4.69, 9.17) is 5.73 Å². The van der Waals surface area contributed by atoms with Crippen LogP contribution in [-0.2, 0) is 11.2 Å². The van der Waals surface area contributed by atoms with E-state index in [1.54, 1.807) is 11.8 Å². The summed E-state index contributed by atoms with van der Waals surface area (Å²) in [4.78, 5) is 4.06. The molecule has 0 amide bonds. The topological polar surface area (TPSA) is 67.6 Å². The molecule has 0 atom stereocenters. The fourth-order valence-electron chi connectivity index (χ4n) is 1.57. The molecule has 0 radical (unpaired) electrons. The first-order chi connectivity index (χ1) is 8.45. The molecule has 4 nitrogen and oxygen atoms in total. The SMILES string of the molecule is CC(C)(C)c1ccc(CSc2n[nH]c(N)n2)cc1. The molecule has 0 aliphatic carbocycles. The van der Waals surface area contributed by atoms with Gasteiger partial charge in [0.2, 0.25) is 11.1 Å². The van der Waals surface area contributed by atoms with Crippen LogP contribution in [0.4, 0.5) is 5.95 Å². The Labute approximate surface area is 111 Å². The van der Waals surface area contributed by atoms with E-state index < -0.39 is 0 Å². The summed E-state index contributed by atoms with van der Waals surface area (Å²) in [6, 6.07) is 8.68. The predicted octanol–water partition coefficient (Wildman–Crippen LogP) is 2.98. The lowest BCUT2D eigenvalue weighted by atomic mass is 9.87. The molecule has 2 aromatic rings. The van der Waals surface area contributed by atoms with Crippen LogP contribution in [0.15, 0.2) is 29.4 Å². The van der Waals surface area contributed by atoms with E-state index in [2.05, 4.69) is 60.2 Å². The molecule has 0 fully saturated rings. The van der Waals surface area contributed by atoms with Gasteiger partial charge in [0.05, 0.1) is 0 Å². The predicted molar refractivity (Wildman–Crippen MR) is 75.5 cm³/mol. The van der Waals surface area contributed by atoms with Crippen molar-refractivity contribution >= 4 is 17.7 Å². The molecule has 1 heterocycles. The van der Waals surface area contributed by atoms with Crippen LogP contribution in [0, 0.1) is 0 Å². The van der Waals surface area contributed by atoms with Gasteiger partial charge in [0, 0.05) is 5.75 Å². The van der Waals surface area contributed by atoms with Gasteiger partial charge in [0.25, 0.3) is 0 Å². The number of thioether (sulfide) groups is 1. The third-order valence-electron chi connectivity index (χ3n) is 2.67. The van der Waals surface area contributed by atoms with Gasteiger partial charge < -0.3 is 5.73 Å². The minimum atomic E-state index is 0.198. The molecule has 0 saturated heterocycles. The van der Waals surface area contributed by atoms with Crippen LogP contribution in [0.2, 0.25) is 0 Å². The molecule has 0 unspecified atom stereocenters. The van der Waals surface area contributed by atoms with Crippen LogP contribution < -0.4 is 5.73 Å². The van der Waals surface area contributed by atoms with Crippen LogP contribution in [0.25, 0.3) is 0 Å². The van der Waals surface area contributed by atoms with Gasteiger partial charge in [-0.2, -0.15) is 4.98 Å². The normalized spacial score (nSPS) is 11.7. The first-order valence-electron chi connectivity index (χ1n) is 5.85. The zero-order chi connectivity index (χ0) is 13.2. The van der Waals surface area contributed by atoms with E-state index in [1.807, 2.05) is 0 Å². The third-order valence-corrected chi connectivity index (χ3v) is 3.59. The van der Waals surface area contributed by atoms with Crippen molar-refractivity contribution in [3.8, 4) is 0 Å². The van der Waals surface area contributed by atoms with Gasteiger partial charge >= 0.3 is 0 Å².